The number of piperidine rings is 1. The van der Waals surface area contributed by atoms with Gasteiger partial charge in [0.15, 0.2) is 0 Å². The molecule has 0 radical (unpaired) electrons. The maximum atomic E-state index is 12.7. The Morgan fingerprint density at radius 3 is 2.71 bits per heavy atom. The summed E-state index contributed by atoms with van der Waals surface area (Å²) in [4.78, 5) is 25.9. The first kappa shape index (κ1) is 14.1. The summed E-state index contributed by atoms with van der Waals surface area (Å²) in [7, 11) is 0. The highest BCUT2D eigenvalue weighted by atomic mass is 16.4. The molecule has 1 aromatic rings. The van der Waals surface area contributed by atoms with Crippen molar-refractivity contribution in [3.05, 3.63) is 29.3 Å². The first-order valence-corrected chi connectivity index (χ1v) is 7.56. The molecule has 2 aliphatic rings. The van der Waals surface area contributed by atoms with Crippen LogP contribution in [0, 0.1) is 5.92 Å². The van der Waals surface area contributed by atoms with Crippen LogP contribution in [-0.2, 0) is 11.2 Å². The van der Waals surface area contributed by atoms with Crippen LogP contribution in [-0.4, -0.2) is 36.6 Å². The Morgan fingerprint density at radius 2 is 2.00 bits per heavy atom. The molecule has 1 saturated heterocycles. The summed E-state index contributed by atoms with van der Waals surface area (Å²) in [5.74, 6) is -0.700. The van der Waals surface area contributed by atoms with Crippen LogP contribution in [0.25, 0.3) is 0 Å². The summed E-state index contributed by atoms with van der Waals surface area (Å²) in [6, 6.07) is 5.23. The third kappa shape index (κ3) is 2.65. The molecule has 2 aliphatic heterocycles. The van der Waals surface area contributed by atoms with Gasteiger partial charge >= 0.3 is 5.97 Å². The number of benzene rings is 1. The van der Waals surface area contributed by atoms with Crippen LogP contribution in [0.5, 0.6) is 0 Å². The molecule has 0 aromatic heterocycles. The topological polar surface area (TPSA) is 69.6 Å². The van der Waals surface area contributed by atoms with Crippen LogP contribution in [0.4, 0.5) is 5.69 Å². The molecule has 3 rings (SSSR count). The quantitative estimate of drug-likeness (QED) is 0.868. The van der Waals surface area contributed by atoms with Crippen LogP contribution >= 0.6 is 0 Å². The first-order valence-electron chi connectivity index (χ1n) is 7.56. The minimum Gasteiger partial charge on any atom is -0.478 e. The lowest BCUT2D eigenvalue weighted by molar-refractivity contribution is -0.123. The molecule has 2 N–H and O–H groups in total. The molecule has 1 amide bonds. The molecule has 5 nitrogen and oxygen atoms in total. The van der Waals surface area contributed by atoms with Crippen molar-refractivity contribution in [2.45, 2.75) is 25.7 Å². The molecular weight excluding hydrogens is 268 g/mol. The van der Waals surface area contributed by atoms with E-state index in [1.54, 1.807) is 17.0 Å². The zero-order chi connectivity index (χ0) is 14.8. The van der Waals surface area contributed by atoms with E-state index in [-0.39, 0.29) is 11.8 Å². The molecule has 0 bridgehead atoms. The number of amides is 1. The Bertz CT molecular complexity index is 565. The van der Waals surface area contributed by atoms with Crippen molar-refractivity contribution in [3.63, 3.8) is 0 Å². The molecule has 0 spiro atoms. The van der Waals surface area contributed by atoms with Crippen molar-refractivity contribution in [1.29, 1.82) is 0 Å². The maximum Gasteiger partial charge on any atom is 0.336 e. The Kier molecular flexibility index (Phi) is 3.92. The largest absolute Gasteiger partial charge is 0.478 e. The minimum atomic E-state index is -0.914. The number of carbonyl (C=O) groups is 2. The minimum absolute atomic E-state index is 0.0608. The molecule has 1 aromatic carbocycles. The van der Waals surface area contributed by atoms with Gasteiger partial charge in [0.05, 0.1) is 5.56 Å². The average Bonchev–Trinajstić information content (AvgIpc) is 2.53. The van der Waals surface area contributed by atoms with E-state index in [0.29, 0.717) is 12.1 Å². The number of rotatable bonds is 2. The van der Waals surface area contributed by atoms with Gasteiger partial charge in [-0.1, -0.05) is 6.07 Å². The summed E-state index contributed by atoms with van der Waals surface area (Å²) in [6.07, 6.45) is 3.29. The van der Waals surface area contributed by atoms with Crippen molar-refractivity contribution >= 4 is 17.6 Å². The lowest BCUT2D eigenvalue weighted by Crippen LogP contribution is -2.43. The number of carbonyl (C=O) groups excluding carboxylic acids is 1. The number of hydrogen-bond acceptors (Lipinski definition) is 3. The van der Waals surface area contributed by atoms with Gasteiger partial charge in [0, 0.05) is 18.2 Å². The van der Waals surface area contributed by atoms with Crippen LogP contribution in [0.1, 0.15) is 35.2 Å². The average molecular weight is 288 g/mol. The molecule has 0 saturated carbocycles. The summed E-state index contributed by atoms with van der Waals surface area (Å²) in [5, 5.41) is 12.6. The van der Waals surface area contributed by atoms with Gasteiger partial charge in [0.1, 0.15) is 0 Å². The van der Waals surface area contributed by atoms with E-state index in [0.717, 1.165) is 50.0 Å². The lowest BCUT2D eigenvalue weighted by atomic mass is 9.92. The van der Waals surface area contributed by atoms with Gasteiger partial charge in [-0.3, -0.25) is 4.79 Å². The monoisotopic (exact) mass is 288 g/mol. The third-order valence-corrected chi connectivity index (χ3v) is 4.44. The van der Waals surface area contributed by atoms with E-state index in [4.69, 9.17) is 0 Å². The molecule has 0 aliphatic carbocycles. The fourth-order valence-electron chi connectivity index (χ4n) is 3.34. The normalized spacial score (nSPS) is 19.1. The number of aromatic carboxylic acids is 1. The lowest BCUT2D eigenvalue weighted by Gasteiger charge is -2.34. The van der Waals surface area contributed by atoms with Crippen LogP contribution in [0.2, 0.25) is 0 Å². The fourth-order valence-corrected chi connectivity index (χ4v) is 3.34. The molecule has 1 fully saturated rings. The van der Waals surface area contributed by atoms with Gasteiger partial charge in [-0.05, 0) is 56.5 Å². The number of fused-ring (bicyclic) bond motifs is 1. The molecule has 21 heavy (non-hydrogen) atoms. The second-order valence-corrected chi connectivity index (χ2v) is 5.73. The smallest absolute Gasteiger partial charge is 0.336 e. The first-order chi connectivity index (χ1) is 10.2. The van der Waals surface area contributed by atoms with Crippen molar-refractivity contribution in [2.24, 2.45) is 5.92 Å². The number of hydrogen-bond donors (Lipinski definition) is 2. The van der Waals surface area contributed by atoms with Gasteiger partial charge in [-0.15, -0.1) is 0 Å². The number of carboxylic acid groups (broad SMARTS) is 1. The van der Waals surface area contributed by atoms with E-state index in [1.807, 2.05) is 6.07 Å². The number of anilines is 1. The second kappa shape index (κ2) is 5.85. The summed E-state index contributed by atoms with van der Waals surface area (Å²) in [5.41, 5.74) is 1.93. The Morgan fingerprint density at radius 1 is 1.24 bits per heavy atom. The zero-order valence-electron chi connectivity index (χ0n) is 12.0. The van der Waals surface area contributed by atoms with Crippen molar-refractivity contribution in [1.82, 2.24) is 5.32 Å². The van der Waals surface area contributed by atoms with Gasteiger partial charge < -0.3 is 15.3 Å². The van der Waals surface area contributed by atoms with Crippen molar-refractivity contribution in [3.8, 4) is 0 Å². The number of nitrogens with one attached hydrogen (secondary N) is 1. The highest BCUT2D eigenvalue weighted by molar-refractivity contribution is 5.99. The number of carboxylic acids is 1. The highest BCUT2D eigenvalue weighted by Gasteiger charge is 2.31. The summed E-state index contributed by atoms with van der Waals surface area (Å²) in [6.45, 7) is 2.46. The maximum absolute atomic E-state index is 12.7. The van der Waals surface area contributed by atoms with Crippen molar-refractivity contribution < 1.29 is 14.7 Å². The fraction of sp³-hybridized carbons (Fsp3) is 0.500. The second-order valence-electron chi connectivity index (χ2n) is 5.73. The van der Waals surface area contributed by atoms with Gasteiger partial charge in [0.2, 0.25) is 5.91 Å². The van der Waals surface area contributed by atoms with Crippen molar-refractivity contribution in [2.75, 3.05) is 24.5 Å². The van der Waals surface area contributed by atoms with Crippen LogP contribution < -0.4 is 10.2 Å². The van der Waals surface area contributed by atoms with E-state index in [9.17, 15) is 14.7 Å². The van der Waals surface area contributed by atoms with Gasteiger partial charge in [-0.2, -0.15) is 0 Å². The Balaban J connectivity index is 1.91. The van der Waals surface area contributed by atoms with Crippen LogP contribution in [0.3, 0.4) is 0 Å². The summed E-state index contributed by atoms with van der Waals surface area (Å²) >= 11 is 0. The van der Waals surface area contributed by atoms with Crippen LogP contribution in [0.15, 0.2) is 18.2 Å². The molecular formula is C16H20N2O3. The van der Waals surface area contributed by atoms with Gasteiger partial charge in [0.25, 0.3) is 0 Å². The van der Waals surface area contributed by atoms with E-state index >= 15 is 0 Å². The molecule has 5 heteroatoms. The van der Waals surface area contributed by atoms with Gasteiger partial charge in [-0.25, -0.2) is 4.79 Å². The van der Waals surface area contributed by atoms with E-state index < -0.39 is 5.97 Å². The highest BCUT2D eigenvalue weighted by Crippen LogP contribution is 2.32. The molecule has 112 valence electrons. The predicted molar refractivity (Wildman–Crippen MR) is 79.7 cm³/mol. The molecule has 0 unspecified atom stereocenters. The molecule has 0 atom stereocenters. The van der Waals surface area contributed by atoms with E-state index in [1.165, 1.54) is 0 Å². The third-order valence-electron chi connectivity index (χ3n) is 4.44. The predicted octanol–water partition coefficient (Wildman–Crippen LogP) is 1.66. The molecule has 2 heterocycles. The Labute approximate surface area is 123 Å². The zero-order valence-corrected chi connectivity index (χ0v) is 12.0. The number of nitrogens with zero attached hydrogens (tertiary/aromatic N) is 1. The SMILES string of the molecule is O=C(O)c1cccc2c1CCCN2C(=O)C1CCNCC1. The summed E-state index contributed by atoms with van der Waals surface area (Å²) < 4.78 is 0. The standard InChI is InChI=1S/C16H20N2O3/c19-15(11-6-8-17-9-7-11)18-10-2-4-12-13(16(20)21)3-1-5-14(12)18/h1,3,5,11,17H,2,4,6-10H2,(H,20,21). The Hall–Kier alpha value is -1.88. The van der Waals surface area contributed by atoms with E-state index in [2.05, 4.69) is 5.32 Å².